The Morgan fingerprint density at radius 3 is 2.90 bits per heavy atom. The SMILES string of the molecule is C[C@H]1CC(N[C@H](C)c2ccccc2Cl)c2ccsc2S1. The van der Waals surface area contributed by atoms with Crippen molar-refractivity contribution in [3.63, 3.8) is 0 Å². The largest absolute Gasteiger partial charge is 0.303 e. The van der Waals surface area contributed by atoms with Gasteiger partial charge in [0.15, 0.2) is 0 Å². The molecule has 1 aromatic heterocycles. The van der Waals surface area contributed by atoms with Gasteiger partial charge >= 0.3 is 0 Å². The van der Waals surface area contributed by atoms with Crippen molar-refractivity contribution in [3.05, 3.63) is 51.9 Å². The zero-order valence-corrected chi connectivity index (χ0v) is 14.0. The Bertz CT molecular complexity index is 596. The summed E-state index contributed by atoms with van der Waals surface area (Å²) in [7, 11) is 0. The number of thioether (sulfide) groups is 1. The number of rotatable bonds is 3. The molecule has 1 aromatic carbocycles. The number of thiophene rings is 1. The fourth-order valence-electron chi connectivity index (χ4n) is 2.72. The van der Waals surface area contributed by atoms with E-state index in [-0.39, 0.29) is 6.04 Å². The molecule has 0 saturated heterocycles. The fraction of sp³-hybridized carbons (Fsp3) is 0.375. The van der Waals surface area contributed by atoms with Crippen molar-refractivity contribution >= 4 is 34.7 Å². The van der Waals surface area contributed by atoms with E-state index in [9.17, 15) is 0 Å². The summed E-state index contributed by atoms with van der Waals surface area (Å²) in [5.41, 5.74) is 2.63. The summed E-state index contributed by atoms with van der Waals surface area (Å²) in [6.45, 7) is 4.50. The van der Waals surface area contributed by atoms with E-state index in [1.54, 1.807) is 0 Å². The summed E-state index contributed by atoms with van der Waals surface area (Å²) < 4.78 is 1.47. The van der Waals surface area contributed by atoms with Gasteiger partial charge in [0, 0.05) is 22.4 Å². The van der Waals surface area contributed by atoms with E-state index < -0.39 is 0 Å². The smallest absolute Gasteiger partial charge is 0.0649 e. The van der Waals surface area contributed by atoms with Crippen LogP contribution < -0.4 is 5.32 Å². The van der Waals surface area contributed by atoms with Gasteiger partial charge in [0.2, 0.25) is 0 Å². The summed E-state index contributed by atoms with van der Waals surface area (Å²) in [5.74, 6) is 0. The number of benzene rings is 1. The van der Waals surface area contributed by atoms with Crippen molar-refractivity contribution in [2.45, 2.75) is 41.8 Å². The molecule has 3 rings (SSSR count). The lowest BCUT2D eigenvalue weighted by Crippen LogP contribution is -2.28. The van der Waals surface area contributed by atoms with Gasteiger partial charge < -0.3 is 5.32 Å². The van der Waals surface area contributed by atoms with Gasteiger partial charge in [-0.2, -0.15) is 0 Å². The van der Waals surface area contributed by atoms with Crippen LogP contribution in [0, 0.1) is 0 Å². The minimum absolute atomic E-state index is 0.261. The molecule has 1 nitrogen and oxygen atoms in total. The maximum Gasteiger partial charge on any atom is 0.0649 e. The van der Waals surface area contributed by atoms with Crippen LogP contribution in [-0.4, -0.2) is 5.25 Å². The Labute approximate surface area is 133 Å². The van der Waals surface area contributed by atoms with Crippen LogP contribution in [0.4, 0.5) is 0 Å². The lowest BCUT2D eigenvalue weighted by molar-refractivity contribution is 0.435. The maximum absolute atomic E-state index is 6.30. The average molecular weight is 324 g/mol. The zero-order chi connectivity index (χ0) is 14.1. The number of nitrogens with one attached hydrogen (secondary N) is 1. The molecular weight excluding hydrogens is 306 g/mol. The first-order chi connectivity index (χ1) is 9.65. The molecule has 0 radical (unpaired) electrons. The molecule has 1 N–H and O–H groups in total. The first kappa shape index (κ1) is 14.5. The summed E-state index contributed by atoms with van der Waals surface area (Å²) in [5, 5.41) is 7.46. The minimum Gasteiger partial charge on any atom is -0.303 e. The van der Waals surface area contributed by atoms with Crippen LogP contribution in [0.3, 0.4) is 0 Å². The molecule has 1 unspecified atom stereocenters. The molecule has 4 heteroatoms. The molecule has 106 valence electrons. The number of fused-ring (bicyclic) bond motifs is 1. The molecule has 0 saturated carbocycles. The van der Waals surface area contributed by atoms with Crippen molar-refractivity contribution in [3.8, 4) is 0 Å². The number of hydrogen-bond donors (Lipinski definition) is 1. The predicted molar refractivity (Wildman–Crippen MR) is 90.0 cm³/mol. The van der Waals surface area contributed by atoms with Gasteiger partial charge in [0.25, 0.3) is 0 Å². The third-order valence-electron chi connectivity index (χ3n) is 3.73. The first-order valence-electron chi connectivity index (χ1n) is 6.89. The van der Waals surface area contributed by atoms with Crippen LogP contribution >= 0.6 is 34.7 Å². The van der Waals surface area contributed by atoms with Gasteiger partial charge in [-0.1, -0.05) is 36.7 Å². The molecule has 0 bridgehead atoms. The monoisotopic (exact) mass is 323 g/mol. The summed E-state index contributed by atoms with van der Waals surface area (Å²) >= 11 is 10.2. The minimum atomic E-state index is 0.261. The Hall–Kier alpha value is -0.480. The van der Waals surface area contributed by atoms with Crippen LogP contribution in [0.25, 0.3) is 0 Å². The van der Waals surface area contributed by atoms with E-state index in [4.69, 9.17) is 11.6 Å². The molecule has 2 heterocycles. The molecule has 0 amide bonds. The van der Waals surface area contributed by atoms with Crippen molar-refractivity contribution in [2.24, 2.45) is 0 Å². The van der Waals surface area contributed by atoms with Crippen LogP contribution in [0.15, 0.2) is 39.9 Å². The molecule has 0 aliphatic carbocycles. The van der Waals surface area contributed by atoms with E-state index in [0.29, 0.717) is 11.3 Å². The average Bonchev–Trinajstić information content (AvgIpc) is 2.87. The van der Waals surface area contributed by atoms with Gasteiger partial charge in [-0.25, -0.2) is 0 Å². The molecular formula is C16H18ClNS2. The quantitative estimate of drug-likeness (QED) is 0.780. The number of hydrogen-bond acceptors (Lipinski definition) is 3. The van der Waals surface area contributed by atoms with Crippen molar-refractivity contribution < 1.29 is 0 Å². The highest BCUT2D eigenvalue weighted by Crippen LogP contribution is 2.44. The Morgan fingerprint density at radius 2 is 2.10 bits per heavy atom. The van der Waals surface area contributed by atoms with E-state index >= 15 is 0 Å². The standard InChI is InChI=1S/C16H18ClNS2/c1-10-9-15(13-7-8-19-16(13)20-10)18-11(2)12-5-3-4-6-14(12)17/h3-8,10-11,15,18H,9H2,1-2H3/t10-,11+,15?/m0/s1. The Balaban J connectivity index is 1.80. The van der Waals surface area contributed by atoms with E-state index in [1.165, 1.54) is 21.8 Å². The zero-order valence-electron chi connectivity index (χ0n) is 11.6. The Morgan fingerprint density at radius 1 is 1.30 bits per heavy atom. The summed E-state index contributed by atoms with van der Waals surface area (Å²) in [6, 6.07) is 11.1. The molecule has 1 aliphatic rings. The molecule has 2 aromatic rings. The van der Waals surface area contributed by atoms with Crippen molar-refractivity contribution in [1.82, 2.24) is 5.32 Å². The van der Waals surface area contributed by atoms with Gasteiger partial charge in [0.1, 0.15) is 0 Å². The molecule has 1 aliphatic heterocycles. The van der Waals surface area contributed by atoms with Crippen molar-refractivity contribution in [2.75, 3.05) is 0 Å². The highest BCUT2D eigenvalue weighted by molar-refractivity contribution is 8.01. The third kappa shape index (κ3) is 2.91. The predicted octanol–water partition coefficient (Wildman–Crippen LogP) is 5.68. The van der Waals surface area contributed by atoms with Gasteiger partial charge in [0.05, 0.1) is 4.21 Å². The second-order valence-corrected chi connectivity index (χ2v) is 8.32. The van der Waals surface area contributed by atoms with Crippen LogP contribution in [0.5, 0.6) is 0 Å². The summed E-state index contributed by atoms with van der Waals surface area (Å²) in [4.78, 5) is 0. The Kier molecular flexibility index (Phi) is 4.41. The van der Waals surface area contributed by atoms with Gasteiger partial charge in [-0.3, -0.25) is 0 Å². The van der Waals surface area contributed by atoms with E-state index in [1.807, 2.05) is 35.2 Å². The van der Waals surface area contributed by atoms with Crippen LogP contribution in [-0.2, 0) is 0 Å². The molecule has 0 fully saturated rings. The van der Waals surface area contributed by atoms with Crippen molar-refractivity contribution in [1.29, 1.82) is 0 Å². The number of halogens is 1. The van der Waals surface area contributed by atoms with Crippen LogP contribution in [0.1, 0.15) is 43.5 Å². The highest BCUT2D eigenvalue weighted by Gasteiger charge is 2.27. The normalized spacial score (nSPS) is 23.4. The molecule has 20 heavy (non-hydrogen) atoms. The lowest BCUT2D eigenvalue weighted by atomic mass is 10.0. The third-order valence-corrected chi connectivity index (χ3v) is 6.42. The fourth-order valence-corrected chi connectivity index (χ4v) is 5.59. The second-order valence-electron chi connectivity index (χ2n) is 5.29. The molecule has 0 spiro atoms. The van der Waals surface area contributed by atoms with E-state index in [2.05, 4.69) is 42.7 Å². The second kappa shape index (κ2) is 6.10. The first-order valence-corrected chi connectivity index (χ1v) is 9.03. The maximum atomic E-state index is 6.30. The topological polar surface area (TPSA) is 12.0 Å². The summed E-state index contributed by atoms with van der Waals surface area (Å²) in [6.07, 6.45) is 1.17. The molecule has 3 atom stereocenters. The van der Waals surface area contributed by atoms with Crippen LogP contribution in [0.2, 0.25) is 5.02 Å². The van der Waals surface area contributed by atoms with Gasteiger partial charge in [-0.15, -0.1) is 23.1 Å². The van der Waals surface area contributed by atoms with E-state index in [0.717, 1.165) is 5.02 Å². The highest BCUT2D eigenvalue weighted by atomic mass is 35.5. The lowest BCUT2D eigenvalue weighted by Gasteiger charge is -2.30. The van der Waals surface area contributed by atoms with Gasteiger partial charge in [-0.05, 0) is 42.0 Å².